The number of hydrogen-bond donors (Lipinski definition) is 1. The molecule has 0 radical (unpaired) electrons. The monoisotopic (exact) mass is 222 g/mol. The highest BCUT2D eigenvalue weighted by atomic mass is 15.3. The number of aromatic nitrogens is 2. The zero-order chi connectivity index (χ0) is 11.5. The molecule has 0 aliphatic heterocycles. The molecule has 0 fully saturated rings. The van der Waals surface area contributed by atoms with Gasteiger partial charge >= 0.3 is 0 Å². The van der Waals surface area contributed by atoms with Crippen LogP contribution in [0.1, 0.15) is 36.6 Å². The summed E-state index contributed by atoms with van der Waals surface area (Å²) in [7, 11) is 4.21. The Morgan fingerprint density at radius 1 is 1.56 bits per heavy atom. The van der Waals surface area contributed by atoms with Crippen molar-refractivity contribution >= 4 is 0 Å². The van der Waals surface area contributed by atoms with Crippen molar-refractivity contribution < 1.29 is 0 Å². The van der Waals surface area contributed by atoms with Crippen LogP contribution in [-0.2, 0) is 13.0 Å². The zero-order valence-electron chi connectivity index (χ0n) is 10.3. The van der Waals surface area contributed by atoms with Crippen LogP contribution >= 0.6 is 0 Å². The average molecular weight is 222 g/mol. The molecular weight excluding hydrogens is 200 g/mol. The van der Waals surface area contributed by atoms with Crippen LogP contribution in [0.3, 0.4) is 0 Å². The SMILES string of the molecule is CN(C)CCCn1ncc2c1CCCC2N. The van der Waals surface area contributed by atoms with Crippen molar-refractivity contribution in [2.24, 2.45) is 5.73 Å². The van der Waals surface area contributed by atoms with Gasteiger partial charge in [0.1, 0.15) is 0 Å². The topological polar surface area (TPSA) is 47.1 Å². The van der Waals surface area contributed by atoms with Crippen LogP contribution in [-0.4, -0.2) is 35.3 Å². The Balaban J connectivity index is 2.00. The molecule has 0 saturated heterocycles. The van der Waals surface area contributed by atoms with E-state index in [1.807, 2.05) is 6.20 Å². The fourth-order valence-corrected chi connectivity index (χ4v) is 2.38. The summed E-state index contributed by atoms with van der Waals surface area (Å²) in [5, 5.41) is 4.46. The maximum atomic E-state index is 6.08. The van der Waals surface area contributed by atoms with Gasteiger partial charge in [-0.25, -0.2) is 0 Å². The van der Waals surface area contributed by atoms with E-state index in [1.54, 1.807) is 0 Å². The van der Waals surface area contributed by atoms with Gasteiger partial charge in [0.15, 0.2) is 0 Å². The van der Waals surface area contributed by atoms with Gasteiger partial charge in [-0.1, -0.05) is 0 Å². The van der Waals surface area contributed by atoms with Gasteiger partial charge in [0, 0.05) is 23.8 Å². The first-order valence-corrected chi connectivity index (χ1v) is 6.13. The van der Waals surface area contributed by atoms with Crippen molar-refractivity contribution in [3.63, 3.8) is 0 Å². The Kier molecular flexibility index (Phi) is 3.61. The van der Waals surface area contributed by atoms with Crippen molar-refractivity contribution in [2.75, 3.05) is 20.6 Å². The Hall–Kier alpha value is -0.870. The van der Waals surface area contributed by atoms with Crippen LogP contribution in [0.5, 0.6) is 0 Å². The second-order valence-electron chi connectivity index (χ2n) is 4.93. The van der Waals surface area contributed by atoms with Gasteiger partial charge in [-0.15, -0.1) is 0 Å². The molecule has 90 valence electrons. The molecule has 4 heteroatoms. The average Bonchev–Trinajstić information content (AvgIpc) is 2.63. The van der Waals surface area contributed by atoms with Gasteiger partial charge in [0.25, 0.3) is 0 Å². The Morgan fingerprint density at radius 2 is 2.38 bits per heavy atom. The van der Waals surface area contributed by atoms with E-state index < -0.39 is 0 Å². The standard InChI is InChI=1S/C12H22N4/c1-15(2)7-4-8-16-12-6-3-5-11(13)10(12)9-14-16/h9,11H,3-8,13H2,1-2H3. The Bertz CT molecular complexity index is 343. The predicted octanol–water partition coefficient (Wildman–Crippen LogP) is 1.17. The molecule has 0 amide bonds. The van der Waals surface area contributed by atoms with Gasteiger partial charge in [-0.2, -0.15) is 5.10 Å². The fraction of sp³-hybridized carbons (Fsp3) is 0.750. The maximum absolute atomic E-state index is 6.08. The van der Waals surface area contributed by atoms with Crippen LogP contribution in [0.4, 0.5) is 0 Å². The van der Waals surface area contributed by atoms with Crippen LogP contribution < -0.4 is 5.73 Å². The van der Waals surface area contributed by atoms with Crippen molar-refractivity contribution in [1.82, 2.24) is 14.7 Å². The summed E-state index contributed by atoms with van der Waals surface area (Å²) in [4.78, 5) is 2.21. The molecule has 16 heavy (non-hydrogen) atoms. The molecule has 1 aliphatic rings. The molecule has 2 N–H and O–H groups in total. The van der Waals surface area contributed by atoms with Gasteiger partial charge in [0.2, 0.25) is 0 Å². The van der Waals surface area contributed by atoms with E-state index in [-0.39, 0.29) is 6.04 Å². The number of fused-ring (bicyclic) bond motifs is 1. The lowest BCUT2D eigenvalue weighted by molar-refractivity contribution is 0.377. The lowest BCUT2D eigenvalue weighted by Crippen LogP contribution is -2.20. The van der Waals surface area contributed by atoms with Gasteiger partial charge in [-0.05, 0) is 46.3 Å². The molecule has 4 nitrogen and oxygen atoms in total. The molecule has 0 spiro atoms. The minimum atomic E-state index is 0.214. The van der Waals surface area contributed by atoms with E-state index in [0.29, 0.717) is 0 Å². The largest absolute Gasteiger partial charge is 0.324 e. The Labute approximate surface area is 97.4 Å². The molecule has 1 aromatic rings. The summed E-state index contributed by atoms with van der Waals surface area (Å²) in [6.07, 6.45) is 6.57. The number of rotatable bonds is 4. The second kappa shape index (κ2) is 4.97. The molecule has 0 aromatic carbocycles. The zero-order valence-corrected chi connectivity index (χ0v) is 10.3. The molecular formula is C12H22N4. The highest BCUT2D eigenvalue weighted by molar-refractivity contribution is 5.24. The van der Waals surface area contributed by atoms with Crippen LogP contribution in [0.2, 0.25) is 0 Å². The van der Waals surface area contributed by atoms with Crippen molar-refractivity contribution in [3.05, 3.63) is 17.5 Å². The molecule has 0 saturated carbocycles. The summed E-state index contributed by atoms with van der Waals surface area (Å²) in [6.45, 7) is 2.13. The highest BCUT2D eigenvalue weighted by Crippen LogP contribution is 2.27. The maximum Gasteiger partial charge on any atom is 0.0540 e. The molecule has 1 atom stereocenters. The molecule has 1 heterocycles. The smallest absolute Gasteiger partial charge is 0.0540 e. The third-order valence-corrected chi connectivity index (χ3v) is 3.28. The minimum Gasteiger partial charge on any atom is -0.324 e. The minimum absolute atomic E-state index is 0.214. The summed E-state index contributed by atoms with van der Waals surface area (Å²) in [5.74, 6) is 0. The number of nitrogens with two attached hydrogens (primary N) is 1. The predicted molar refractivity (Wildman–Crippen MR) is 65.3 cm³/mol. The molecule has 0 bridgehead atoms. The second-order valence-corrected chi connectivity index (χ2v) is 4.93. The molecule has 1 unspecified atom stereocenters. The highest BCUT2D eigenvalue weighted by Gasteiger charge is 2.20. The normalized spacial score (nSPS) is 20.1. The first-order chi connectivity index (χ1) is 7.68. The number of hydrogen-bond acceptors (Lipinski definition) is 3. The van der Waals surface area contributed by atoms with E-state index >= 15 is 0 Å². The lowest BCUT2D eigenvalue weighted by Gasteiger charge is -2.19. The van der Waals surface area contributed by atoms with Crippen LogP contribution in [0.25, 0.3) is 0 Å². The molecule has 1 aliphatic carbocycles. The van der Waals surface area contributed by atoms with Gasteiger partial charge < -0.3 is 10.6 Å². The van der Waals surface area contributed by atoms with Crippen molar-refractivity contribution in [3.8, 4) is 0 Å². The summed E-state index contributed by atoms with van der Waals surface area (Å²) >= 11 is 0. The molecule has 1 aromatic heterocycles. The van der Waals surface area contributed by atoms with Crippen molar-refractivity contribution in [1.29, 1.82) is 0 Å². The third-order valence-electron chi connectivity index (χ3n) is 3.28. The van der Waals surface area contributed by atoms with E-state index in [9.17, 15) is 0 Å². The van der Waals surface area contributed by atoms with Gasteiger partial charge in [-0.3, -0.25) is 4.68 Å². The van der Waals surface area contributed by atoms with Crippen LogP contribution in [0.15, 0.2) is 6.20 Å². The van der Waals surface area contributed by atoms with E-state index in [4.69, 9.17) is 5.73 Å². The van der Waals surface area contributed by atoms with E-state index in [0.717, 1.165) is 32.4 Å². The van der Waals surface area contributed by atoms with Crippen LogP contribution in [0, 0.1) is 0 Å². The first kappa shape index (κ1) is 11.6. The van der Waals surface area contributed by atoms with E-state index in [2.05, 4.69) is 28.8 Å². The van der Waals surface area contributed by atoms with E-state index in [1.165, 1.54) is 17.7 Å². The first-order valence-electron chi connectivity index (χ1n) is 6.13. The van der Waals surface area contributed by atoms with Gasteiger partial charge in [0.05, 0.1) is 6.20 Å². The Morgan fingerprint density at radius 3 is 3.12 bits per heavy atom. The summed E-state index contributed by atoms with van der Waals surface area (Å²) < 4.78 is 2.15. The fourth-order valence-electron chi connectivity index (χ4n) is 2.38. The number of nitrogens with zero attached hydrogens (tertiary/aromatic N) is 3. The third kappa shape index (κ3) is 2.44. The summed E-state index contributed by atoms with van der Waals surface area (Å²) in [5.41, 5.74) is 8.72. The summed E-state index contributed by atoms with van der Waals surface area (Å²) in [6, 6.07) is 0.214. The molecule has 2 rings (SSSR count). The number of aryl methyl sites for hydroxylation is 1. The lowest BCUT2D eigenvalue weighted by atomic mass is 9.94. The quantitative estimate of drug-likeness (QED) is 0.832. The van der Waals surface area contributed by atoms with Crippen molar-refractivity contribution in [2.45, 2.75) is 38.3 Å².